The fourth-order valence-electron chi connectivity index (χ4n) is 1.92. The fourth-order valence-corrected chi connectivity index (χ4v) is 1.92. The summed E-state index contributed by atoms with van der Waals surface area (Å²) in [6.07, 6.45) is 2.93. The van der Waals surface area contributed by atoms with Crippen molar-refractivity contribution in [2.24, 2.45) is 0 Å². The zero-order valence-corrected chi connectivity index (χ0v) is 9.62. The van der Waals surface area contributed by atoms with E-state index in [1.807, 2.05) is 0 Å². The molecule has 0 aliphatic carbocycles. The van der Waals surface area contributed by atoms with Gasteiger partial charge in [-0.25, -0.2) is 4.39 Å². The maximum atomic E-state index is 13.3. The standard InChI is InChI=1S/C13H16FNO2/c14-11-6-2-1-5-10(11)9-17-13(16)12-7-3-4-8-15-12/h1-2,5-6,12,15H,3-4,7-9H2. The van der Waals surface area contributed by atoms with Crippen LogP contribution in [0.15, 0.2) is 24.3 Å². The molecule has 1 aromatic carbocycles. The summed E-state index contributed by atoms with van der Waals surface area (Å²) in [5.74, 6) is -0.621. The van der Waals surface area contributed by atoms with E-state index in [1.54, 1.807) is 18.2 Å². The quantitative estimate of drug-likeness (QED) is 0.817. The van der Waals surface area contributed by atoms with Gasteiger partial charge in [-0.3, -0.25) is 4.79 Å². The van der Waals surface area contributed by atoms with Crippen molar-refractivity contribution >= 4 is 5.97 Å². The third-order valence-corrected chi connectivity index (χ3v) is 2.92. The van der Waals surface area contributed by atoms with Crippen molar-refractivity contribution in [1.82, 2.24) is 5.32 Å². The van der Waals surface area contributed by atoms with Crippen LogP contribution in [-0.4, -0.2) is 18.6 Å². The van der Waals surface area contributed by atoms with Gasteiger partial charge < -0.3 is 10.1 Å². The smallest absolute Gasteiger partial charge is 0.323 e. The van der Waals surface area contributed by atoms with Gasteiger partial charge in [0, 0.05) is 5.56 Å². The second-order valence-corrected chi connectivity index (χ2v) is 4.20. The van der Waals surface area contributed by atoms with Crippen LogP contribution in [0.2, 0.25) is 0 Å². The number of halogens is 1. The first-order valence-corrected chi connectivity index (χ1v) is 5.91. The van der Waals surface area contributed by atoms with E-state index in [0.29, 0.717) is 5.56 Å². The van der Waals surface area contributed by atoms with Crippen molar-refractivity contribution in [3.63, 3.8) is 0 Å². The van der Waals surface area contributed by atoms with Gasteiger partial charge in [0.1, 0.15) is 18.5 Å². The maximum Gasteiger partial charge on any atom is 0.323 e. The zero-order valence-electron chi connectivity index (χ0n) is 9.62. The highest BCUT2D eigenvalue weighted by Crippen LogP contribution is 2.11. The molecule has 92 valence electrons. The number of carbonyl (C=O) groups excluding carboxylic acids is 1. The van der Waals surface area contributed by atoms with E-state index in [2.05, 4.69) is 5.32 Å². The Morgan fingerprint density at radius 1 is 1.41 bits per heavy atom. The minimum Gasteiger partial charge on any atom is -0.460 e. The highest BCUT2D eigenvalue weighted by atomic mass is 19.1. The summed E-state index contributed by atoms with van der Waals surface area (Å²) in [5.41, 5.74) is 0.414. The molecular formula is C13H16FNO2. The number of nitrogens with one attached hydrogen (secondary N) is 1. The Hall–Kier alpha value is -1.42. The third-order valence-electron chi connectivity index (χ3n) is 2.92. The number of hydrogen-bond acceptors (Lipinski definition) is 3. The number of carbonyl (C=O) groups is 1. The number of ether oxygens (including phenoxy) is 1. The highest BCUT2D eigenvalue weighted by Gasteiger charge is 2.21. The Morgan fingerprint density at radius 2 is 2.24 bits per heavy atom. The normalized spacial score (nSPS) is 19.9. The van der Waals surface area contributed by atoms with Crippen molar-refractivity contribution < 1.29 is 13.9 Å². The van der Waals surface area contributed by atoms with Crippen LogP contribution in [0.3, 0.4) is 0 Å². The van der Waals surface area contributed by atoms with Gasteiger partial charge in [-0.2, -0.15) is 0 Å². The van der Waals surface area contributed by atoms with Crippen molar-refractivity contribution in [3.8, 4) is 0 Å². The molecule has 1 unspecified atom stereocenters. The summed E-state index contributed by atoms with van der Waals surface area (Å²) in [7, 11) is 0. The molecule has 3 nitrogen and oxygen atoms in total. The number of esters is 1. The molecular weight excluding hydrogens is 221 g/mol. The monoisotopic (exact) mass is 237 g/mol. The molecule has 1 aliphatic rings. The molecule has 0 amide bonds. The lowest BCUT2D eigenvalue weighted by Crippen LogP contribution is -2.41. The first-order chi connectivity index (χ1) is 8.27. The number of hydrogen-bond donors (Lipinski definition) is 1. The summed E-state index contributed by atoms with van der Waals surface area (Å²) in [4.78, 5) is 11.7. The lowest BCUT2D eigenvalue weighted by molar-refractivity contribution is -0.148. The Kier molecular flexibility index (Phi) is 4.09. The molecule has 4 heteroatoms. The average molecular weight is 237 g/mol. The summed E-state index contributed by atoms with van der Waals surface area (Å²) in [5, 5.41) is 3.10. The number of benzene rings is 1. The average Bonchev–Trinajstić information content (AvgIpc) is 2.38. The molecule has 2 rings (SSSR count). The van der Waals surface area contributed by atoms with E-state index < -0.39 is 0 Å². The molecule has 0 radical (unpaired) electrons. The molecule has 1 aliphatic heterocycles. The van der Waals surface area contributed by atoms with Crippen LogP contribution in [0.4, 0.5) is 4.39 Å². The van der Waals surface area contributed by atoms with Gasteiger partial charge in [-0.05, 0) is 25.5 Å². The summed E-state index contributed by atoms with van der Waals surface area (Å²) in [6, 6.07) is 6.10. The van der Waals surface area contributed by atoms with Gasteiger partial charge >= 0.3 is 5.97 Å². The third kappa shape index (κ3) is 3.27. The minimum atomic E-state index is -0.336. The van der Waals surface area contributed by atoms with Crippen LogP contribution in [0, 0.1) is 5.82 Å². The summed E-state index contributed by atoms with van der Waals surface area (Å²) < 4.78 is 18.4. The second-order valence-electron chi connectivity index (χ2n) is 4.20. The Labute approximate surface area is 100.0 Å². The SMILES string of the molecule is O=C(OCc1ccccc1F)C1CCCCN1. The van der Waals surface area contributed by atoms with E-state index in [1.165, 1.54) is 6.07 Å². The fraction of sp³-hybridized carbons (Fsp3) is 0.462. The largest absolute Gasteiger partial charge is 0.460 e. The first-order valence-electron chi connectivity index (χ1n) is 5.91. The minimum absolute atomic E-state index is 0.00366. The van der Waals surface area contributed by atoms with Crippen molar-refractivity contribution in [3.05, 3.63) is 35.6 Å². The Morgan fingerprint density at radius 3 is 2.94 bits per heavy atom. The van der Waals surface area contributed by atoms with E-state index in [-0.39, 0.29) is 24.4 Å². The first kappa shape index (κ1) is 12.0. The molecule has 0 bridgehead atoms. The van der Waals surface area contributed by atoms with Crippen molar-refractivity contribution in [2.75, 3.05) is 6.54 Å². The van der Waals surface area contributed by atoms with Crippen LogP contribution in [0.25, 0.3) is 0 Å². The number of piperidine rings is 1. The van der Waals surface area contributed by atoms with Crippen molar-refractivity contribution in [2.45, 2.75) is 31.9 Å². The topological polar surface area (TPSA) is 38.3 Å². The van der Waals surface area contributed by atoms with Crippen LogP contribution >= 0.6 is 0 Å². The predicted molar refractivity (Wildman–Crippen MR) is 61.8 cm³/mol. The molecule has 1 aromatic rings. The van der Waals surface area contributed by atoms with E-state index in [9.17, 15) is 9.18 Å². The van der Waals surface area contributed by atoms with Crippen LogP contribution < -0.4 is 5.32 Å². The van der Waals surface area contributed by atoms with Crippen LogP contribution in [0.5, 0.6) is 0 Å². The van der Waals surface area contributed by atoms with E-state index in [0.717, 1.165) is 25.8 Å². The molecule has 17 heavy (non-hydrogen) atoms. The molecule has 0 spiro atoms. The van der Waals surface area contributed by atoms with Crippen LogP contribution in [0.1, 0.15) is 24.8 Å². The maximum absolute atomic E-state index is 13.3. The lowest BCUT2D eigenvalue weighted by atomic mass is 10.1. The van der Waals surface area contributed by atoms with Gasteiger partial charge in [0.2, 0.25) is 0 Å². The van der Waals surface area contributed by atoms with Gasteiger partial charge in [0.25, 0.3) is 0 Å². The van der Waals surface area contributed by atoms with Gasteiger partial charge in [0.05, 0.1) is 0 Å². The molecule has 0 saturated carbocycles. The van der Waals surface area contributed by atoms with E-state index >= 15 is 0 Å². The number of rotatable bonds is 3. The predicted octanol–water partition coefficient (Wildman–Crippen LogP) is 2.01. The van der Waals surface area contributed by atoms with Gasteiger partial charge in [-0.1, -0.05) is 24.6 Å². The zero-order chi connectivity index (χ0) is 12.1. The highest BCUT2D eigenvalue weighted by molar-refractivity contribution is 5.75. The Bertz CT molecular complexity index is 389. The molecule has 1 N–H and O–H groups in total. The molecule has 1 saturated heterocycles. The summed E-state index contributed by atoms with van der Waals surface area (Å²) >= 11 is 0. The van der Waals surface area contributed by atoms with E-state index in [4.69, 9.17) is 4.74 Å². The molecule has 0 aromatic heterocycles. The molecule has 1 fully saturated rings. The van der Waals surface area contributed by atoms with Gasteiger partial charge in [0.15, 0.2) is 0 Å². The van der Waals surface area contributed by atoms with Crippen molar-refractivity contribution in [1.29, 1.82) is 0 Å². The second kappa shape index (κ2) is 5.77. The Balaban J connectivity index is 1.85. The molecule has 1 heterocycles. The summed E-state index contributed by atoms with van der Waals surface area (Å²) in [6.45, 7) is 0.850. The lowest BCUT2D eigenvalue weighted by Gasteiger charge is -2.21. The molecule has 1 atom stereocenters. The van der Waals surface area contributed by atoms with Gasteiger partial charge in [-0.15, -0.1) is 0 Å². The van der Waals surface area contributed by atoms with Crippen LogP contribution in [-0.2, 0) is 16.1 Å².